The highest BCUT2D eigenvalue weighted by atomic mass is 16.5. The summed E-state index contributed by atoms with van der Waals surface area (Å²) in [7, 11) is 1.61. The number of piperidine rings is 1. The van der Waals surface area contributed by atoms with Gasteiger partial charge in [-0.15, -0.1) is 0 Å². The Morgan fingerprint density at radius 1 is 1.17 bits per heavy atom. The van der Waals surface area contributed by atoms with Crippen molar-refractivity contribution in [3.8, 4) is 5.75 Å². The van der Waals surface area contributed by atoms with E-state index in [0.717, 1.165) is 48.9 Å². The molecule has 0 aliphatic carbocycles. The first-order valence-corrected chi connectivity index (χ1v) is 10.3. The number of carbonyl (C=O) groups excluding carboxylic acids is 2. The second kappa shape index (κ2) is 8.69. The highest BCUT2D eigenvalue weighted by molar-refractivity contribution is 6.00. The van der Waals surface area contributed by atoms with Gasteiger partial charge in [-0.25, -0.2) is 9.97 Å². The monoisotopic (exact) mass is 409 g/mol. The molecule has 1 unspecified atom stereocenters. The van der Waals surface area contributed by atoms with Gasteiger partial charge in [-0.1, -0.05) is 0 Å². The number of nitrogens with one attached hydrogen (secondary N) is 1. The van der Waals surface area contributed by atoms with Crippen LogP contribution in [0.1, 0.15) is 25.0 Å². The lowest BCUT2D eigenvalue weighted by molar-refractivity contribution is -0.127. The highest BCUT2D eigenvalue weighted by Gasteiger charge is 2.36. The van der Waals surface area contributed by atoms with E-state index in [-0.39, 0.29) is 30.2 Å². The van der Waals surface area contributed by atoms with Gasteiger partial charge in [0, 0.05) is 49.5 Å². The molecule has 2 aliphatic rings. The zero-order valence-corrected chi connectivity index (χ0v) is 17.4. The van der Waals surface area contributed by atoms with E-state index in [1.807, 2.05) is 37.3 Å². The molecule has 2 saturated heterocycles. The number of nitrogens with zero attached hydrogens (tertiary/aromatic N) is 4. The van der Waals surface area contributed by atoms with Crippen molar-refractivity contribution in [1.29, 1.82) is 0 Å². The standard InChI is InChI=1S/C22H27N5O3/c1-15-11-20(24-14-23-15)26-9-7-17(8-10-26)25-22(29)16-12-21(28)27(13-16)18-3-5-19(30-2)6-4-18/h3-6,11,14,16-17H,7-10,12-13H2,1-2H3,(H,25,29). The van der Waals surface area contributed by atoms with Crippen LogP contribution in [0.25, 0.3) is 0 Å². The summed E-state index contributed by atoms with van der Waals surface area (Å²) in [5.74, 6) is 1.30. The fourth-order valence-corrected chi connectivity index (χ4v) is 4.08. The molecule has 30 heavy (non-hydrogen) atoms. The van der Waals surface area contributed by atoms with E-state index in [1.165, 1.54) is 0 Å². The minimum atomic E-state index is -0.317. The van der Waals surface area contributed by atoms with Crippen LogP contribution in [0.15, 0.2) is 36.7 Å². The number of amides is 2. The van der Waals surface area contributed by atoms with E-state index in [1.54, 1.807) is 18.3 Å². The number of benzene rings is 1. The van der Waals surface area contributed by atoms with Crippen molar-refractivity contribution in [1.82, 2.24) is 15.3 Å². The van der Waals surface area contributed by atoms with Crippen LogP contribution in [0.5, 0.6) is 5.75 Å². The number of methoxy groups -OCH3 is 1. The normalized spacial score (nSPS) is 19.8. The first-order chi connectivity index (χ1) is 14.5. The van der Waals surface area contributed by atoms with E-state index in [9.17, 15) is 9.59 Å². The fourth-order valence-electron chi connectivity index (χ4n) is 4.08. The molecule has 158 valence electrons. The summed E-state index contributed by atoms with van der Waals surface area (Å²) in [4.78, 5) is 37.6. The summed E-state index contributed by atoms with van der Waals surface area (Å²) in [6.45, 7) is 4.04. The predicted octanol–water partition coefficient (Wildman–Crippen LogP) is 1.93. The third-order valence-corrected chi connectivity index (χ3v) is 5.83. The molecule has 1 aromatic carbocycles. The minimum absolute atomic E-state index is 0.0192. The van der Waals surface area contributed by atoms with E-state index < -0.39 is 0 Å². The minimum Gasteiger partial charge on any atom is -0.497 e. The van der Waals surface area contributed by atoms with Crippen molar-refractivity contribution in [3.63, 3.8) is 0 Å². The molecule has 8 heteroatoms. The Labute approximate surface area is 176 Å². The van der Waals surface area contributed by atoms with Crippen LogP contribution in [-0.4, -0.2) is 54.6 Å². The number of hydrogen-bond donors (Lipinski definition) is 1. The van der Waals surface area contributed by atoms with Crippen molar-refractivity contribution in [2.75, 3.05) is 36.5 Å². The Kier molecular flexibility index (Phi) is 5.83. The number of aromatic nitrogens is 2. The lowest BCUT2D eigenvalue weighted by Gasteiger charge is -2.33. The lowest BCUT2D eigenvalue weighted by atomic mass is 10.0. The summed E-state index contributed by atoms with van der Waals surface area (Å²) in [5, 5.41) is 3.16. The highest BCUT2D eigenvalue weighted by Crippen LogP contribution is 2.27. The molecule has 0 saturated carbocycles. The third kappa shape index (κ3) is 4.37. The summed E-state index contributed by atoms with van der Waals surface area (Å²) < 4.78 is 5.17. The molecular weight excluding hydrogens is 382 g/mol. The maximum atomic E-state index is 12.8. The van der Waals surface area contributed by atoms with Crippen LogP contribution in [0.4, 0.5) is 11.5 Å². The maximum absolute atomic E-state index is 12.8. The van der Waals surface area contributed by atoms with E-state index in [0.29, 0.717) is 6.54 Å². The molecule has 8 nitrogen and oxygen atoms in total. The Bertz CT molecular complexity index is 909. The second-order valence-corrected chi connectivity index (χ2v) is 7.89. The molecule has 0 spiro atoms. The number of ether oxygens (including phenoxy) is 1. The van der Waals surface area contributed by atoms with Crippen molar-refractivity contribution in [2.45, 2.75) is 32.2 Å². The molecule has 1 atom stereocenters. The molecular formula is C22H27N5O3. The van der Waals surface area contributed by atoms with Gasteiger partial charge in [-0.3, -0.25) is 9.59 Å². The van der Waals surface area contributed by atoms with Crippen molar-refractivity contribution in [2.24, 2.45) is 5.92 Å². The van der Waals surface area contributed by atoms with Crippen molar-refractivity contribution < 1.29 is 14.3 Å². The summed E-state index contributed by atoms with van der Waals surface area (Å²) >= 11 is 0. The lowest BCUT2D eigenvalue weighted by Crippen LogP contribution is -2.47. The molecule has 3 heterocycles. The topological polar surface area (TPSA) is 87.7 Å². The van der Waals surface area contributed by atoms with Gasteiger partial charge in [-0.2, -0.15) is 0 Å². The fraction of sp³-hybridized carbons (Fsp3) is 0.455. The van der Waals surface area contributed by atoms with Gasteiger partial charge in [0.15, 0.2) is 0 Å². The summed E-state index contributed by atoms with van der Waals surface area (Å²) in [5.41, 5.74) is 1.74. The Balaban J connectivity index is 1.30. The molecule has 2 amide bonds. The van der Waals surface area contributed by atoms with Gasteiger partial charge in [0.2, 0.25) is 11.8 Å². The SMILES string of the molecule is COc1ccc(N2CC(C(=O)NC3CCN(c4cc(C)ncn4)CC3)CC2=O)cc1. The van der Waals surface area contributed by atoms with Crippen LogP contribution in [0.2, 0.25) is 0 Å². The largest absolute Gasteiger partial charge is 0.497 e. The van der Waals surface area contributed by atoms with Gasteiger partial charge in [0.1, 0.15) is 17.9 Å². The molecule has 0 bridgehead atoms. The number of carbonyl (C=O) groups is 2. The average Bonchev–Trinajstić information content (AvgIpc) is 3.16. The van der Waals surface area contributed by atoms with E-state index in [2.05, 4.69) is 20.2 Å². The van der Waals surface area contributed by atoms with Crippen molar-refractivity contribution in [3.05, 3.63) is 42.4 Å². The van der Waals surface area contributed by atoms with Gasteiger partial charge in [0.05, 0.1) is 13.0 Å². The Hall–Kier alpha value is -3.16. The smallest absolute Gasteiger partial charge is 0.227 e. The number of anilines is 2. The molecule has 1 aromatic heterocycles. The second-order valence-electron chi connectivity index (χ2n) is 7.89. The van der Waals surface area contributed by atoms with E-state index >= 15 is 0 Å². The van der Waals surface area contributed by atoms with Crippen molar-refractivity contribution >= 4 is 23.3 Å². The average molecular weight is 409 g/mol. The molecule has 2 fully saturated rings. The third-order valence-electron chi connectivity index (χ3n) is 5.83. The Morgan fingerprint density at radius 3 is 2.57 bits per heavy atom. The zero-order valence-electron chi connectivity index (χ0n) is 17.4. The van der Waals surface area contributed by atoms with Gasteiger partial charge >= 0.3 is 0 Å². The van der Waals surface area contributed by atoms with E-state index in [4.69, 9.17) is 4.74 Å². The zero-order chi connectivity index (χ0) is 21.1. The van der Waals surface area contributed by atoms with Crippen LogP contribution >= 0.6 is 0 Å². The summed E-state index contributed by atoms with van der Waals surface area (Å²) in [6, 6.07) is 9.45. The number of rotatable bonds is 5. The number of hydrogen-bond acceptors (Lipinski definition) is 6. The molecule has 2 aliphatic heterocycles. The van der Waals surface area contributed by atoms with Crippen LogP contribution in [0.3, 0.4) is 0 Å². The molecule has 2 aromatic rings. The first kappa shape index (κ1) is 20.1. The van der Waals surface area contributed by atoms with Gasteiger partial charge < -0.3 is 19.9 Å². The Morgan fingerprint density at radius 2 is 1.90 bits per heavy atom. The van der Waals surface area contributed by atoms with Crippen LogP contribution in [0, 0.1) is 12.8 Å². The molecule has 1 N–H and O–H groups in total. The maximum Gasteiger partial charge on any atom is 0.227 e. The van der Waals surface area contributed by atoms with Crippen LogP contribution in [-0.2, 0) is 9.59 Å². The predicted molar refractivity (Wildman–Crippen MR) is 114 cm³/mol. The first-order valence-electron chi connectivity index (χ1n) is 10.3. The molecule has 4 rings (SSSR count). The number of aryl methyl sites for hydroxylation is 1. The van der Waals surface area contributed by atoms with Gasteiger partial charge in [0.25, 0.3) is 0 Å². The quantitative estimate of drug-likeness (QED) is 0.812. The summed E-state index contributed by atoms with van der Waals surface area (Å²) in [6.07, 6.45) is 3.55. The van der Waals surface area contributed by atoms with Gasteiger partial charge in [-0.05, 0) is 44.0 Å². The molecule has 0 radical (unpaired) electrons. The van der Waals surface area contributed by atoms with Crippen LogP contribution < -0.4 is 19.9 Å².